The Kier molecular flexibility index (Phi) is 63.5. The zero-order valence-electron chi connectivity index (χ0n) is 52.6. The molecule has 1 atom stereocenters. The predicted octanol–water partition coefficient (Wildman–Crippen LogP) is 22.8. The molecular weight excluding hydrogens is 1020 g/mol. The van der Waals surface area contributed by atoms with Crippen molar-refractivity contribution in [1.82, 2.24) is 0 Å². The fourth-order valence-corrected chi connectivity index (χ4v) is 7.99. The molecule has 0 saturated heterocycles. The molecule has 0 aliphatic rings. The monoisotopic (exact) mass is 1140 g/mol. The van der Waals surface area contributed by atoms with Crippen LogP contribution in [0.3, 0.4) is 0 Å². The number of carbonyl (C=O) groups is 3. The van der Waals surface area contributed by atoms with Gasteiger partial charge in [-0.1, -0.05) is 279 Å². The van der Waals surface area contributed by atoms with Crippen LogP contribution in [0.1, 0.15) is 239 Å². The number of carbonyl (C=O) groups excluding carboxylic acids is 3. The van der Waals surface area contributed by atoms with Crippen LogP contribution in [0.15, 0.2) is 207 Å². The zero-order chi connectivity index (χ0) is 59.9. The van der Waals surface area contributed by atoms with Crippen LogP contribution in [0.4, 0.5) is 0 Å². The lowest BCUT2D eigenvalue weighted by atomic mass is 10.1. The topological polar surface area (TPSA) is 78.9 Å². The van der Waals surface area contributed by atoms with Gasteiger partial charge in [-0.2, -0.15) is 0 Å². The highest BCUT2D eigenvalue weighted by molar-refractivity contribution is 5.71. The van der Waals surface area contributed by atoms with E-state index in [1.165, 1.54) is 38.5 Å². The van der Waals surface area contributed by atoms with E-state index in [-0.39, 0.29) is 44.0 Å². The summed E-state index contributed by atoms with van der Waals surface area (Å²) in [6, 6.07) is 0. The third-order valence-electron chi connectivity index (χ3n) is 12.8. The van der Waals surface area contributed by atoms with Crippen LogP contribution in [0, 0.1) is 0 Å². The molecule has 6 nitrogen and oxygen atoms in total. The predicted molar refractivity (Wildman–Crippen MR) is 361 cm³/mol. The van der Waals surface area contributed by atoms with Crippen molar-refractivity contribution in [2.24, 2.45) is 0 Å². The fourth-order valence-electron chi connectivity index (χ4n) is 7.99. The van der Waals surface area contributed by atoms with Crippen LogP contribution >= 0.6 is 0 Å². The SMILES string of the molecule is CC/C=C\C/C=C\C/C=C\C/C=C\C/C=C\C/C=C\C/C=C\C/C=C\C/C=C\CCCC(=O)OCC(COC(=O)CCCCCCCCCCC)OC(=O)CCCC/C=C\C/C=C\C/C=C\C/C=C\C/C=C\C/C=C\C/C=C\C/C=C\CC. The molecule has 0 aromatic rings. The first-order valence-corrected chi connectivity index (χ1v) is 32.6. The van der Waals surface area contributed by atoms with Crippen molar-refractivity contribution in [3.05, 3.63) is 207 Å². The third-order valence-corrected chi connectivity index (χ3v) is 12.8. The molecular formula is C77H116O6. The van der Waals surface area contributed by atoms with Crippen molar-refractivity contribution >= 4 is 17.9 Å². The van der Waals surface area contributed by atoms with Crippen LogP contribution < -0.4 is 0 Å². The highest BCUT2D eigenvalue weighted by Gasteiger charge is 2.19. The molecule has 0 fully saturated rings. The Morgan fingerprint density at radius 1 is 0.253 bits per heavy atom. The number of esters is 3. The summed E-state index contributed by atoms with van der Waals surface area (Å²) >= 11 is 0. The first kappa shape index (κ1) is 77.0. The number of rotatable bonds is 56. The van der Waals surface area contributed by atoms with Crippen molar-refractivity contribution in [2.75, 3.05) is 13.2 Å². The maximum atomic E-state index is 12.9. The van der Waals surface area contributed by atoms with Crippen molar-refractivity contribution in [2.45, 2.75) is 245 Å². The Morgan fingerprint density at radius 2 is 0.482 bits per heavy atom. The van der Waals surface area contributed by atoms with Gasteiger partial charge >= 0.3 is 17.9 Å². The minimum Gasteiger partial charge on any atom is -0.462 e. The van der Waals surface area contributed by atoms with E-state index in [0.29, 0.717) is 19.3 Å². The maximum Gasteiger partial charge on any atom is 0.306 e. The molecule has 0 heterocycles. The molecule has 0 radical (unpaired) electrons. The summed E-state index contributed by atoms with van der Waals surface area (Å²) in [5, 5.41) is 0. The van der Waals surface area contributed by atoms with Crippen molar-refractivity contribution in [3.63, 3.8) is 0 Å². The summed E-state index contributed by atoms with van der Waals surface area (Å²) in [6.45, 7) is 6.28. The average molecular weight is 1140 g/mol. The second-order valence-electron chi connectivity index (χ2n) is 20.6. The largest absolute Gasteiger partial charge is 0.462 e. The van der Waals surface area contributed by atoms with Crippen molar-refractivity contribution in [1.29, 1.82) is 0 Å². The van der Waals surface area contributed by atoms with Crippen LogP contribution in [0.5, 0.6) is 0 Å². The highest BCUT2D eigenvalue weighted by Crippen LogP contribution is 2.13. The second kappa shape index (κ2) is 68.5. The molecule has 0 spiro atoms. The molecule has 460 valence electrons. The Balaban J connectivity index is 4.47. The standard InChI is InChI=1S/C77H116O6/c1-4-7-10-13-16-19-21-23-25-27-29-31-33-35-37-38-40-41-43-45-47-49-51-53-55-58-61-64-67-70-76(79)82-73-74(72-81-75(78)69-66-63-60-57-18-15-12-9-6-3)83-77(80)71-68-65-62-59-56-54-52-50-48-46-44-42-39-36-34-32-30-28-26-24-22-20-17-14-11-8-5-2/h7-8,10-11,16-17,19-20,23-26,29-32,35-37,39-41,44-47,50-53,56,58-59,61,74H,4-6,9,12-15,18,21-22,27-28,33-34,38,42-43,48-49,54-55,57,60,62-73H2,1-3H3/b10-7-,11-8-,19-16-,20-17-,25-23-,26-24-,31-29-,32-30-,37-35-,39-36-,41-40-,46-44-,47-45-,52-50-,53-51-,59-56-,61-58-. The zero-order valence-corrected chi connectivity index (χ0v) is 52.6. The molecule has 0 aromatic heterocycles. The van der Waals surface area contributed by atoms with Gasteiger partial charge in [-0.15, -0.1) is 0 Å². The van der Waals surface area contributed by atoms with Gasteiger partial charge in [0.15, 0.2) is 6.10 Å². The van der Waals surface area contributed by atoms with E-state index in [4.69, 9.17) is 14.2 Å². The number of allylic oxidation sites excluding steroid dienone is 34. The third kappa shape index (κ3) is 66.7. The van der Waals surface area contributed by atoms with E-state index < -0.39 is 6.10 Å². The summed E-state index contributed by atoms with van der Waals surface area (Å²) < 4.78 is 16.8. The van der Waals surface area contributed by atoms with Gasteiger partial charge in [0.05, 0.1) is 0 Å². The summed E-state index contributed by atoms with van der Waals surface area (Å²) in [5.41, 5.74) is 0. The molecule has 0 bridgehead atoms. The van der Waals surface area contributed by atoms with Gasteiger partial charge in [-0.05, 0) is 148 Å². The number of hydrogen-bond donors (Lipinski definition) is 0. The van der Waals surface area contributed by atoms with E-state index >= 15 is 0 Å². The van der Waals surface area contributed by atoms with E-state index in [1.54, 1.807) is 0 Å². The molecule has 6 heteroatoms. The molecule has 0 rings (SSSR count). The van der Waals surface area contributed by atoms with Gasteiger partial charge in [-0.25, -0.2) is 0 Å². The number of unbranched alkanes of at least 4 members (excludes halogenated alkanes) is 11. The lowest BCUT2D eigenvalue weighted by Crippen LogP contribution is -2.30. The minimum absolute atomic E-state index is 0.124. The number of hydrogen-bond acceptors (Lipinski definition) is 6. The van der Waals surface area contributed by atoms with Crippen molar-refractivity contribution < 1.29 is 28.6 Å². The van der Waals surface area contributed by atoms with E-state index in [9.17, 15) is 14.4 Å². The van der Waals surface area contributed by atoms with E-state index in [1.807, 2.05) is 0 Å². The molecule has 1 unspecified atom stereocenters. The molecule has 0 aliphatic carbocycles. The summed E-state index contributed by atoms with van der Waals surface area (Å²) in [7, 11) is 0. The second-order valence-corrected chi connectivity index (χ2v) is 20.6. The van der Waals surface area contributed by atoms with Crippen LogP contribution in [-0.2, 0) is 28.6 Å². The Morgan fingerprint density at radius 3 is 0.783 bits per heavy atom. The Hall–Kier alpha value is -6.01. The van der Waals surface area contributed by atoms with Gasteiger partial charge in [0.25, 0.3) is 0 Å². The van der Waals surface area contributed by atoms with E-state index in [2.05, 4.69) is 227 Å². The normalized spacial score (nSPS) is 13.5. The maximum absolute atomic E-state index is 12.9. The molecule has 83 heavy (non-hydrogen) atoms. The number of ether oxygens (including phenoxy) is 3. The van der Waals surface area contributed by atoms with E-state index in [0.717, 1.165) is 148 Å². The summed E-state index contributed by atoms with van der Waals surface area (Å²) in [6.07, 6.45) is 106. The molecule has 0 N–H and O–H groups in total. The fraction of sp³-hybridized carbons (Fsp3) is 0.519. The first-order valence-electron chi connectivity index (χ1n) is 32.6. The molecule has 0 aliphatic heterocycles. The smallest absolute Gasteiger partial charge is 0.306 e. The Labute approximate surface area is 509 Å². The van der Waals surface area contributed by atoms with Gasteiger partial charge in [0.1, 0.15) is 13.2 Å². The van der Waals surface area contributed by atoms with Gasteiger partial charge in [0.2, 0.25) is 0 Å². The van der Waals surface area contributed by atoms with Crippen LogP contribution in [0.25, 0.3) is 0 Å². The summed E-state index contributed by atoms with van der Waals surface area (Å²) in [4.78, 5) is 38.2. The Bertz CT molecular complexity index is 2030. The molecule has 0 saturated carbocycles. The van der Waals surface area contributed by atoms with Gasteiger partial charge < -0.3 is 14.2 Å². The average Bonchev–Trinajstić information content (AvgIpc) is 3.49. The first-order chi connectivity index (χ1) is 41.0. The highest BCUT2D eigenvalue weighted by atomic mass is 16.6. The molecule has 0 amide bonds. The van der Waals surface area contributed by atoms with Gasteiger partial charge in [-0.3, -0.25) is 14.4 Å². The van der Waals surface area contributed by atoms with Crippen LogP contribution in [0.2, 0.25) is 0 Å². The van der Waals surface area contributed by atoms with Crippen LogP contribution in [-0.4, -0.2) is 37.2 Å². The minimum atomic E-state index is -0.837. The lowest BCUT2D eigenvalue weighted by molar-refractivity contribution is -0.167. The lowest BCUT2D eigenvalue weighted by Gasteiger charge is -2.18. The quantitative estimate of drug-likeness (QED) is 0.0261. The van der Waals surface area contributed by atoms with Gasteiger partial charge in [0, 0.05) is 19.3 Å². The van der Waals surface area contributed by atoms with Crippen molar-refractivity contribution in [3.8, 4) is 0 Å². The molecule has 0 aromatic carbocycles. The summed E-state index contributed by atoms with van der Waals surface area (Å²) in [5.74, 6) is -1.05.